The molecule has 2 rings (SSSR count). The van der Waals surface area contributed by atoms with Crippen LogP contribution in [-0.4, -0.2) is 44.5 Å². The van der Waals surface area contributed by atoms with Gasteiger partial charge in [-0.3, -0.25) is 0 Å². The Morgan fingerprint density at radius 1 is 0.727 bits per heavy atom. The summed E-state index contributed by atoms with van der Waals surface area (Å²) in [5.74, 6) is 0.619. The second-order valence-electron chi connectivity index (χ2n) is 8.61. The Labute approximate surface area is 197 Å². The monoisotopic (exact) mass is 500 g/mol. The molecule has 0 fully saturated rings. The van der Waals surface area contributed by atoms with Crippen LogP contribution in [0.4, 0.5) is 0 Å². The SMILES string of the molecule is Cc1cc(C)c(OC(c2c(C)cc(C)cc2C)C(CO)(COP(O)O)COP(O)O)c(C)c1. The first-order chi connectivity index (χ1) is 15.4. The van der Waals surface area contributed by atoms with E-state index in [1.165, 1.54) is 0 Å². The molecule has 0 spiro atoms. The molecule has 10 heteroatoms. The molecule has 184 valence electrons. The van der Waals surface area contributed by atoms with Gasteiger partial charge in [-0.05, 0) is 69.4 Å². The molecule has 0 aliphatic heterocycles. The summed E-state index contributed by atoms with van der Waals surface area (Å²) in [5.41, 5.74) is 5.13. The lowest BCUT2D eigenvalue weighted by Crippen LogP contribution is -2.44. The van der Waals surface area contributed by atoms with Crippen molar-refractivity contribution in [2.75, 3.05) is 19.8 Å². The van der Waals surface area contributed by atoms with E-state index in [-0.39, 0.29) is 13.2 Å². The van der Waals surface area contributed by atoms with E-state index in [2.05, 4.69) is 0 Å². The fourth-order valence-electron chi connectivity index (χ4n) is 4.31. The molecule has 2 aromatic carbocycles. The lowest BCUT2D eigenvalue weighted by atomic mass is 9.77. The van der Waals surface area contributed by atoms with Crippen molar-refractivity contribution < 1.29 is 38.5 Å². The smallest absolute Gasteiger partial charge is 0.327 e. The number of aliphatic hydroxyl groups excluding tert-OH is 1. The Kier molecular flexibility index (Phi) is 10.2. The van der Waals surface area contributed by atoms with Gasteiger partial charge in [0, 0.05) is 0 Å². The third kappa shape index (κ3) is 7.15. The number of rotatable bonds is 11. The summed E-state index contributed by atoms with van der Waals surface area (Å²) < 4.78 is 16.9. The topological polar surface area (TPSA) is 129 Å². The fourth-order valence-corrected chi connectivity index (χ4v) is 5.05. The number of aliphatic hydroxyl groups is 1. The minimum absolute atomic E-state index is 0.354. The molecule has 0 aromatic heterocycles. The van der Waals surface area contributed by atoms with Crippen LogP contribution in [0.15, 0.2) is 24.3 Å². The largest absolute Gasteiger partial charge is 0.484 e. The van der Waals surface area contributed by atoms with Crippen LogP contribution in [0.3, 0.4) is 0 Å². The highest BCUT2D eigenvalue weighted by atomic mass is 31.2. The summed E-state index contributed by atoms with van der Waals surface area (Å²) in [4.78, 5) is 37.7. The van der Waals surface area contributed by atoms with Gasteiger partial charge < -0.3 is 38.5 Å². The maximum atomic E-state index is 10.6. The van der Waals surface area contributed by atoms with Gasteiger partial charge in [0.15, 0.2) is 0 Å². The zero-order valence-corrected chi connectivity index (χ0v) is 21.7. The van der Waals surface area contributed by atoms with E-state index in [0.717, 1.165) is 38.9 Å². The molecule has 8 nitrogen and oxygen atoms in total. The van der Waals surface area contributed by atoms with E-state index in [1.54, 1.807) is 0 Å². The number of aryl methyl sites for hydroxylation is 6. The average Bonchev–Trinajstić information content (AvgIpc) is 2.69. The molecule has 1 atom stereocenters. The third-order valence-corrected chi connectivity index (χ3v) is 6.37. The Hall–Kier alpha value is -1.18. The second kappa shape index (κ2) is 12.0. The highest BCUT2D eigenvalue weighted by Crippen LogP contribution is 2.46. The molecular formula is C23H34O8P2. The lowest BCUT2D eigenvalue weighted by Gasteiger charge is -2.40. The van der Waals surface area contributed by atoms with Crippen molar-refractivity contribution in [1.82, 2.24) is 0 Å². The summed E-state index contributed by atoms with van der Waals surface area (Å²) in [6.45, 7) is 10.4. The first-order valence-electron chi connectivity index (χ1n) is 10.4. The predicted octanol–water partition coefficient (Wildman–Crippen LogP) is 4.09. The van der Waals surface area contributed by atoms with Crippen LogP contribution in [-0.2, 0) is 9.05 Å². The Bertz CT molecular complexity index is 890. The van der Waals surface area contributed by atoms with Crippen molar-refractivity contribution >= 4 is 17.2 Å². The van der Waals surface area contributed by atoms with Crippen LogP contribution in [0, 0.1) is 47.0 Å². The maximum Gasteiger partial charge on any atom is 0.327 e. The van der Waals surface area contributed by atoms with Gasteiger partial charge in [-0.1, -0.05) is 35.4 Å². The Morgan fingerprint density at radius 3 is 1.48 bits per heavy atom. The van der Waals surface area contributed by atoms with E-state index in [9.17, 15) is 24.7 Å². The average molecular weight is 500 g/mol. The number of hydrogen-bond acceptors (Lipinski definition) is 8. The van der Waals surface area contributed by atoms with Crippen molar-refractivity contribution in [1.29, 1.82) is 0 Å². The van der Waals surface area contributed by atoms with E-state index in [1.807, 2.05) is 65.8 Å². The highest BCUT2D eigenvalue weighted by Gasteiger charge is 2.45. The summed E-state index contributed by atoms with van der Waals surface area (Å²) >= 11 is 0. The first kappa shape index (κ1) is 28.1. The van der Waals surface area contributed by atoms with Gasteiger partial charge in [0.25, 0.3) is 0 Å². The molecule has 0 radical (unpaired) electrons. The maximum absolute atomic E-state index is 10.6. The van der Waals surface area contributed by atoms with Gasteiger partial charge in [-0.2, -0.15) is 0 Å². The van der Waals surface area contributed by atoms with Gasteiger partial charge in [-0.15, -0.1) is 0 Å². The van der Waals surface area contributed by atoms with E-state index < -0.39 is 35.3 Å². The molecule has 0 bridgehead atoms. The molecule has 0 saturated carbocycles. The van der Waals surface area contributed by atoms with Gasteiger partial charge in [-0.25, -0.2) is 0 Å². The molecule has 5 N–H and O–H groups in total. The summed E-state index contributed by atoms with van der Waals surface area (Å²) in [6, 6.07) is 7.97. The van der Waals surface area contributed by atoms with Crippen molar-refractivity contribution in [3.63, 3.8) is 0 Å². The first-order valence-corrected chi connectivity index (χ1v) is 12.8. The Morgan fingerprint density at radius 2 is 1.12 bits per heavy atom. The molecular weight excluding hydrogens is 466 g/mol. The van der Waals surface area contributed by atoms with Crippen LogP contribution < -0.4 is 4.74 Å². The van der Waals surface area contributed by atoms with E-state index in [0.29, 0.717) is 5.75 Å². The third-order valence-electron chi connectivity index (χ3n) is 5.65. The number of ether oxygens (including phenoxy) is 1. The minimum Gasteiger partial charge on any atom is -0.484 e. The van der Waals surface area contributed by atoms with Gasteiger partial charge in [0.05, 0.1) is 25.2 Å². The number of hydrogen-bond donors (Lipinski definition) is 5. The quantitative estimate of drug-likeness (QED) is 0.292. The molecule has 2 aromatic rings. The van der Waals surface area contributed by atoms with E-state index in [4.69, 9.17) is 13.8 Å². The molecule has 1 unspecified atom stereocenters. The van der Waals surface area contributed by atoms with Crippen molar-refractivity contribution in [3.05, 3.63) is 63.2 Å². The standard InChI is InChI=1S/C23H34O8P2/c1-14-7-16(3)20(17(4)8-14)22(31-21-18(5)9-15(2)10-19(21)6)23(11-24,12-29-32(25)26)13-30-33(27)28/h7-10,22,24-28H,11-13H2,1-6H3. The Balaban J connectivity index is 2.74. The summed E-state index contributed by atoms with van der Waals surface area (Å²) in [5, 5.41) is 10.6. The van der Waals surface area contributed by atoms with Crippen molar-refractivity contribution in [2.45, 2.75) is 47.6 Å². The van der Waals surface area contributed by atoms with Crippen LogP contribution in [0.25, 0.3) is 0 Å². The molecule has 0 saturated heterocycles. The van der Waals surface area contributed by atoms with Crippen LogP contribution >= 0.6 is 17.2 Å². The normalized spacial score (nSPS) is 13.1. The van der Waals surface area contributed by atoms with Crippen LogP contribution in [0.1, 0.15) is 45.0 Å². The lowest BCUT2D eigenvalue weighted by molar-refractivity contribution is -0.0662. The van der Waals surface area contributed by atoms with E-state index >= 15 is 0 Å². The van der Waals surface area contributed by atoms with Gasteiger partial charge >= 0.3 is 17.2 Å². The van der Waals surface area contributed by atoms with Crippen molar-refractivity contribution in [3.8, 4) is 5.75 Å². The zero-order valence-electron chi connectivity index (χ0n) is 19.9. The van der Waals surface area contributed by atoms with Crippen LogP contribution in [0.5, 0.6) is 5.75 Å². The second-order valence-corrected chi connectivity index (χ2v) is 10.1. The number of benzene rings is 2. The minimum atomic E-state index is -2.73. The van der Waals surface area contributed by atoms with Gasteiger partial charge in [0.2, 0.25) is 0 Å². The molecule has 33 heavy (non-hydrogen) atoms. The van der Waals surface area contributed by atoms with Crippen molar-refractivity contribution in [2.24, 2.45) is 5.41 Å². The highest BCUT2D eigenvalue weighted by molar-refractivity contribution is 7.39. The fraction of sp³-hybridized carbons (Fsp3) is 0.478. The summed E-state index contributed by atoms with van der Waals surface area (Å²) in [7, 11) is -5.46. The van der Waals surface area contributed by atoms with Gasteiger partial charge in [0.1, 0.15) is 11.9 Å². The molecule has 0 amide bonds. The zero-order chi connectivity index (χ0) is 24.9. The predicted molar refractivity (Wildman–Crippen MR) is 129 cm³/mol. The molecule has 0 heterocycles. The van der Waals surface area contributed by atoms with Crippen LogP contribution in [0.2, 0.25) is 0 Å². The summed E-state index contributed by atoms with van der Waals surface area (Å²) in [6.07, 6.45) is -0.867. The molecule has 0 aliphatic carbocycles. The molecule has 0 aliphatic rings.